The first-order valence-corrected chi connectivity index (χ1v) is 30.0. The molecule has 0 aromatic carbocycles. The molecule has 12 nitrogen and oxygen atoms in total. The molecule has 236 valence electrons. The number of rotatable bonds is 11. The summed E-state index contributed by atoms with van der Waals surface area (Å²) in [5.41, 5.74) is 1.67. The topological polar surface area (TPSA) is 143 Å². The zero-order valence-electron chi connectivity index (χ0n) is 25.7. The molecule has 16 heteroatoms. The fraction of sp³-hybridized carbons (Fsp3) is 0.357. The Hall–Kier alpha value is -3.07. The van der Waals surface area contributed by atoms with Crippen molar-refractivity contribution in [3.8, 4) is 23.4 Å². The van der Waals surface area contributed by atoms with Gasteiger partial charge in [-0.2, -0.15) is 0 Å². The number of hydrogen-bond acceptors (Lipinski definition) is 9. The standard InChI is InChI=1S/C15H20ClGeN3O3.C13H16ClGeN3O3/c1-5-22-15(21)11-6-7-12(18-14(11)16)20-9-8-13(19-20)23-10-17(2,3)4;1-15(2,3)8-21-11-6-7-18(17-11)10-5-4-9(13(19)20)12(14)16-10/h6-9H,5,10H2,1-4H3;4-7H,8H2,1-3H3,(H,19,20). The van der Waals surface area contributed by atoms with Crippen molar-refractivity contribution in [1.29, 1.82) is 0 Å². The van der Waals surface area contributed by atoms with Crippen LogP contribution in [0.5, 0.6) is 11.8 Å². The van der Waals surface area contributed by atoms with Crippen molar-refractivity contribution in [2.24, 2.45) is 0 Å². The van der Waals surface area contributed by atoms with Gasteiger partial charge in [-0.05, 0) is 6.92 Å². The molecule has 0 unspecified atom stereocenters. The van der Waals surface area contributed by atoms with Crippen molar-refractivity contribution in [2.75, 3.05) is 17.5 Å². The molecule has 1 N–H and O–H groups in total. The van der Waals surface area contributed by atoms with E-state index in [1.165, 1.54) is 10.7 Å². The van der Waals surface area contributed by atoms with E-state index in [0.29, 0.717) is 23.4 Å². The van der Waals surface area contributed by atoms with Crippen LogP contribution in [0.15, 0.2) is 48.8 Å². The summed E-state index contributed by atoms with van der Waals surface area (Å²) >= 11 is 8.34. The molecule has 0 spiro atoms. The van der Waals surface area contributed by atoms with E-state index < -0.39 is 38.5 Å². The predicted molar refractivity (Wildman–Crippen MR) is 173 cm³/mol. The molecule has 4 rings (SSSR count). The summed E-state index contributed by atoms with van der Waals surface area (Å²) in [4.78, 5) is 30.8. The van der Waals surface area contributed by atoms with E-state index in [-0.39, 0.29) is 28.0 Å². The van der Waals surface area contributed by atoms with Gasteiger partial charge in [-0.3, -0.25) is 0 Å². The van der Waals surface area contributed by atoms with E-state index in [2.05, 4.69) is 54.7 Å². The average molecular weight is 769 g/mol. The Morgan fingerprint density at radius 1 is 0.750 bits per heavy atom. The Bertz CT molecular complexity index is 1600. The normalized spacial score (nSPS) is 11.4. The van der Waals surface area contributed by atoms with E-state index in [0.717, 1.165) is 10.9 Å². The number of nitrogens with zero attached hydrogens (tertiary/aromatic N) is 6. The van der Waals surface area contributed by atoms with Crippen molar-refractivity contribution in [3.05, 3.63) is 70.2 Å². The number of pyridine rings is 2. The number of carbonyl (C=O) groups excluding carboxylic acids is 1. The van der Waals surface area contributed by atoms with Gasteiger partial charge in [-0.1, -0.05) is 0 Å². The van der Waals surface area contributed by atoms with Crippen LogP contribution >= 0.6 is 23.2 Å². The third-order valence-electron chi connectivity index (χ3n) is 5.30. The summed E-state index contributed by atoms with van der Waals surface area (Å²) in [6, 6.07) is 9.72. The van der Waals surface area contributed by atoms with Crippen molar-refractivity contribution < 1.29 is 28.9 Å². The van der Waals surface area contributed by atoms with Crippen LogP contribution in [-0.2, 0) is 4.74 Å². The number of hydrogen-bond donors (Lipinski definition) is 1. The summed E-state index contributed by atoms with van der Waals surface area (Å²) in [7, 11) is 0. The fourth-order valence-corrected chi connectivity index (χ4v) is 6.12. The molecule has 0 atom stereocenters. The molecule has 4 heterocycles. The van der Waals surface area contributed by atoms with Crippen LogP contribution in [0.1, 0.15) is 27.6 Å². The van der Waals surface area contributed by atoms with Gasteiger partial charge >= 0.3 is 266 Å². The van der Waals surface area contributed by atoms with Crippen LogP contribution in [-0.4, -0.2) is 90.6 Å². The van der Waals surface area contributed by atoms with Crippen LogP contribution in [0, 0.1) is 0 Å². The van der Waals surface area contributed by atoms with Crippen molar-refractivity contribution in [2.45, 2.75) is 41.5 Å². The molecule has 0 saturated heterocycles. The number of carboxylic acids is 1. The number of aromatic nitrogens is 6. The molecular formula is C28H36Cl2Ge2N6O6. The minimum atomic E-state index is -1.78. The number of aromatic carboxylic acids is 1. The monoisotopic (exact) mass is 770 g/mol. The Morgan fingerprint density at radius 2 is 1.18 bits per heavy atom. The molecule has 0 amide bonds. The SMILES string of the molecule is CCOC(=O)c1ccc(-n2ccc(O[CH2][Ge]([CH3])([CH3])[CH3])n2)nc1Cl.[CH3][Ge]([CH3])([CH3])[CH2]Oc1ccn(-c2ccc(C(=O)O)c(Cl)n2)n1. The Balaban J connectivity index is 0.000000241. The molecule has 44 heavy (non-hydrogen) atoms. The minimum absolute atomic E-state index is 0.0371. The Labute approximate surface area is 271 Å². The molecule has 4 aromatic heterocycles. The zero-order valence-corrected chi connectivity index (χ0v) is 31.4. The van der Waals surface area contributed by atoms with Gasteiger partial charge in [0, 0.05) is 0 Å². The first-order valence-electron chi connectivity index (χ1n) is 13.7. The van der Waals surface area contributed by atoms with Gasteiger partial charge < -0.3 is 0 Å². The molecule has 0 fully saturated rings. The number of halogens is 2. The van der Waals surface area contributed by atoms with E-state index in [1.807, 2.05) is 0 Å². The van der Waals surface area contributed by atoms with Crippen LogP contribution in [0.3, 0.4) is 0 Å². The summed E-state index contributed by atoms with van der Waals surface area (Å²) < 4.78 is 19.4. The summed E-state index contributed by atoms with van der Waals surface area (Å²) in [6.45, 7) is 2.02. The van der Waals surface area contributed by atoms with Crippen molar-refractivity contribution in [3.63, 3.8) is 0 Å². The number of ether oxygens (including phenoxy) is 3. The van der Waals surface area contributed by atoms with Gasteiger partial charge in [0.2, 0.25) is 0 Å². The third-order valence-corrected chi connectivity index (χ3v) is 10.1. The van der Waals surface area contributed by atoms with E-state index in [4.69, 9.17) is 42.5 Å². The quantitative estimate of drug-likeness (QED) is 0.106. The predicted octanol–water partition coefficient (Wildman–Crippen LogP) is 6.23. The maximum absolute atomic E-state index is 11.7. The molecule has 0 radical (unpaired) electrons. The second-order valence-electron chi connectivity index (χ2n) is 11.9. The second kappa shape index (κ2) is 15.3. The molecule has 0 aliphatic rings. The van der Waals surface area contributed by atoms with Crippen LogP contribution in [0.2, 0.25) is 44.8 Å². The Kier molecular flexibility index (Phi) is 12.3. The molecule has 0 bridgehead atoms. The second-order valence-corrected chi connectivity index (χ2v) is 35.4. The molecular weight excluding hydrogens is 732 g/mol. The molecule has 0 aliphatic carbocycles. The van der Waals surface area contributed by atoms with Gasteiger partial charge in [0.1, 0.15) is 0 Å². The summed E-state index contributed by atoms with van der Waals surface area (Å²) in [6.07, 6.45) is 3.44. The number of esters is 1. The van der Waals surface area contributed by atoms with Gasteiger partial charge in [0.05, 0.1) is 0 Å². The van der Waals surface area contributed by atoms with E-state index in [9.17, 15) is 9.59 Å². The van der Waals surface area contributed by atoms with E-state index >= 15 is 0 Å². The number of carboxylic acid groups (broad SMARTS) is 1. The average Bonchev–Trinajstić information content (AvgIpc) is 3.60. The summed E-state index contributed by atoms with van der Waals surface area (Å²) in [5.74, 6) is 14.0. The Morgan fingerprint density at radius 3 is 1.55 bits per heavy atom. The van der Waals surface area contributed by atoms with Crippen LogP contribution in [0.25, 0.3) is 11.6 Å². The third kappa shape index (κ3) is 10.8. The van der Waals surface area contributed by atoms with Crippen LogP contribution in [0.4, 0.5) is 0 Å². The van der Waals surface area contributed by atoms with Gasteiger partial charge in [0.25, 0.3) is 0 Å². The molecule has 0 aliphatic heterocycles. The summed E-state index contributed by atoms with van der Waals surface area (Å²) in [5, 5.41) is 17.5. The van der Waals surface area contributed by atoms with Crippen molar-refractivity contribution >= 4 is 61.7 Å². The number of carbonyl (C=O) groups is 2. The zero-order chi connectivity index (χ0) is 32.7. The van der Waals surface area contributed by atoms with Gasteiger partial charge in [0.15, 0.2) is 0 Å². The van der Waals surface area contributed by atoms with Gasteiger partial charge in [-0.15, -0.1) is 0 Å². The molecule has 4 aromatic rings. The first kappa shape index (κ1) is 35.4. The van der Waals surface area contributed by atoms with Crippen molar-refractivity contribution in [1.82, 2.24) is 29.5 Å². The maximum atomic E-state index is 11.7. The van der Waals surface area contributed by atoms with Crippen LogP contribution < -0.4 is 9.47 Å². The fourth-order valence-electron chi connectivity index (χ4n) is 3.23. The first-order chi connectivity index (χ1) is 20.6. The van der Waals surface area contributed by atoms with E-state index in [1.54, 1.807) is 54.3 Å². The van der Waals surface area contributed by atoms with Gasteiger partial charge in [-0.25, -0.2) is 0 Å². The molecule has 0 saturated carbocycles.